The maximum atomic E-state index is 12.7. The Morgan fingerprint density at radius 3 is 2.58 bits per heavy atom. The Labute approximate surface area is 194 Å². The molecule has 1 aliphatic heterocycles. The Kier molecular flexibility index (Phi) is 7.70. The third kappa shape index (κ3) is 6.12. The van der Waals surface area contributed by atoms with Gasteiger partial charge in [-0.3, -0.25) is 4.79 Å². The van der Waals surface area contributed by atoms with Crippen LogP contribution >= 0.6 is 23.2 Å². The summed E-state index contributed by atoms with van der Waals surface area (Å²) in [4.78, 5) is 19.3. The van der Waals surface area contributed by atoms with Crippen LogP contribution in [-0.4, -0.2) is 41.5 Å². The highest BCUT2D eigenvalue weighted by Crippen LogP contribution is 2.25. The van der Waals surface area contributed by atoms with Gasteiger partial charge in [-0.1, -0.05) is 29.3 Å². The first kappa shape index (κ1) is 22.4. The molecule has 5 nitrogen and oxygen atoms in total. The Hall–Kier alpha value is -1.82. The highest BCUT2D eigenvalue weighted by molar-refractivity contribution is 6.42. The Morgan fingerprint density at radius 2 is 1.84 bits per heavy atom. The fourth-order valence-electron chi connectivity index (χ4n) is 4.35. The molecule has 31 heavy (non-hydrogen) atoms. The highest BCUT2D eigenvalue weighted by atomic mass is 35.5. The SMILES string of the molecule is O=C(c1ccc(Cl)c(Cl)c1)N1CCC(CNCc2cccc(OC3CCCC3)n2)CC1. The molecule has 0 unspecified atom stereocenters. The first-order valence-corrected chi connectivity index (χ1v) is 11.9. The molecule has 166 valence electrons. The fraction of sp³-hybridized carbons (Fsp3) is 0.500. The largest absolute Gasteiger partial charge is 0.474 e. The van der Waals surface area contributed by atoms with Gasteiger partial charge in [0, 0.05) is 31.3 Å². The Bertz CT molecular complexity index is 894. The van der Waals surface area contributed by atoms with Gasteiger partial charge in [-0.2, -0.15) is 0 Å². The van der Waals surface area contributed by atoms with Crippen LogP contribution in [0.2, 0.25) is 10.0 Å². The van der Waals surface area contributed by atoms with Crippen LogP contribution in [0, 0.1) is 5.92 Å². The van der Waals surface area contributed by atoms with E-state index in [1.807, 2.05) is 23.1 Å². The number of piperidine rings is 1. The Balaban J connectivity index is 1.20. The zero-order chi connectivity index (χ0) is 21.6. The number of carbonyl (C=O) groups is 1. The second kappa shape index (κ2) is 10.7. The molecule has 1 aromatic heterocycles. The van der Waals surface area contributed by atoms with Crippen molar-refractivity contribution in [3.63, 3.8) is 0 Å². The highest BCUT2D eigenvalue weighted by Gasteiger charge is 2.24. The van der Waals surface area contributed by atoms with Gasteiger partial charge in [-0.25, -0.2) is 4.98 Å². The molecular weight excluding hydrogens is 433 g/mol. The molecule has 1 saturated heterocycles. The van der Waals surface area contributed by atoms with Gasteiger partial charge in [0.05, 0.1) is 15.7 Å². The second-order valence-electron chi connectivity index (χ2n) is 8.49. The molecule has 7 heteroatoms. The predicted octanol–water partition coefficient (Wildman–Crippen LogP) is 5.35. The summed E-state index contributed by atoms with van der Waals surface area (Å²) in [5.41, 5.74) is 1.60. The monoisotopic (exact) mass is 461 g/mol. The zero-order valence-corrected chi connectivity index (χ0v) is 19.2. The van der Waals surface area contributed by atoms with E-state index in [4.69, 9.17) is 27.9 Å². The van der Waals surface area contributed by atoms with Crippen molar-refractivity contribution in [2.45, 2.75) is 51.2 Å². The van der Waals surface area contributed by atoms with Gasteiger partial charge in [-0.15, -0.1) is 0 Å². The zero-order valence-electron chi connectivity index (χ0n) is 17.7. The maximum absolute atomic E-state index is 12.7. The molecule has 0 radical (unpaired) electrons. The number of halogens is 2. The molecule has 0 bridgehead atoms. The first-order valence-electron chi connectivity index (χ1n) is 11.2. The van der Waals surface area contributed by atoms with E-state index in [0.717, 1.165) is 63.4 Å². The Morgan fingerprint density at radius 1 is 1.06 bits per heavy atom. The van der Waals surface area contributed by atoms with Crippen molar-refractivity contribution in [1.29, 1.82) is 0 Å². The molecule has 1 N–H and O–H groups in total. The van der Waals surface area contributed by atoms with Crippen molar-refractivity contribution in [3.05, 3.63) is 57.7 Å². The van der Waals surface area contributed by atoms with Gasteiger partial charge < -0.3 is 15.0 Å². The molecule has 0 spiro atoms. The number of carbonyl (C=O) groups excluding carboxylic acids is 1. The normalized spacial score (nSPS) is 17.8. The van der Waals surface area contributed by atoms with Crippen LogP contribution in [0.5, 0.6) is 5.88 Å². The molecule has 2 fully saturated rings. The summed E-state index contributed by atoms with van der Waals surface area (Å²) >= 11 is 12.0. The van der Waals surface area contributed by atoms with Crippen molar-refractivity contribution >= 4 is 29.1 Å². The number of aromatic nitrogens is 1. The summed E-state index contributed by atoms with van der Waals surface area (Å²) in [6.07, 6.45) is 7.07. The molecule has 2 aliphatic rings. The average Bonchev–Trinajstić information content (AvgIpc) is 3.29. The summed E-state index contributed by atoms with van der Waals surface area (Å²) in [6.45, 7) is 3.16. The number of ether oxygens (including phenoxy) is 1. The van der Waals surface area contributed by atoms with E-state index in [0.29, 0.717) is 27.6 Å². The minimum atomic E-state index is 0.0215. The fourth-order valence-corrected chi connectivity index (χ4v) is 4.65. The molecule has 0 atom stereocenters. The van der Waals surface area contributed by atoms with E-state index in [1.54, 1.807) is 18.2 Å². The van der Waals surface area contributed by atoms with E-state index < -0.39 is 0 Å². The number of rotatable bonds is 7. The minimum absolute atomic E-state index is 0.0215. The number of benzene rings is 1. The van der Waals surface area contributed by atoms with Crippen molar-refractivity contribution in [1.82, 2.24) is 15.2 Å². The van der Waals surface area contributed by atoms with Gasteiger partial charge >= 0.3 is 0 Å². The minimum Gasteiger partial charge on any atom is -0.474 e. The number of hydrogen-bond acceptors (Lipinski definition) is 4. The number of pyridine rings is 1. The molecular formula is C24H29Cl2N3O2. The quantitative estimate of drug-likeness (QED) is 0.603. The van der Waals surface area contributed by atoms with Gasteiger partial charge in [-0.05, 0) is 75.3 Å². The summed E-state index contributed by atoms with van der Waals surface area (Å²) in [5, 5.41) is 4.41. The standard InChI is InChI=1S/C24H29Cl2N3O2/c25-21-9-8-18(14-22(21)26)24(30)29-12-10-17(11-13-29)15-27-16-19-4-3-7-23(28-19)31-20-5-1-2-6-20/h3-4,7-9,14,17,20,27H,1-2,5-6,10-13,15-16H2. The number of nitrogens with zero attached hydrogens (tertiary/aromatic N) is 2. The van der Waals surface area contributed by atoms with Crippen molar-refractivity contribution in [3.8, 4) is 5.88 Å². The van der Waals surface area contributed by atoms with Crippen molar-refractivity contribution in [2.75, 3.05) is 19.6 Å². The summed E-state index contributed by atoms with van der Waals surface area (Å²) in [5.74, 6) is 1.31. The topological polar surface area (TPSA) is 54.5 Å². The second-order valence-corrected chi connectivity index (χ2v) is 9.30. The van der Waals surface area contributed by atoms with Crippen LogP contribution in [0.1, 0.15) is 54.6 Å². The molecule has 1 aromatic carbocycles. The van der Waals surface area contributed by atoms with Crippen LogP contribution in [0.4, 0.5) is 0 Å². The molecule has 1 amide bonds. The average molecular weight is 462 g/mol. The lowest BCUT2D eigenvalue weighted by Gasteiger charge is -2.32. The van der Waals surface area contributed by atoms with Crippen LogP contribution in [0.15, 0.2) is 36.4 Å². The number of likely N-dealkylation sites (tertiary alicyclic amines) is 1. The van der Waals surface area contributed by atoms with Gasteiger partial charge in [0.2, 0.25) is 5.88 Å². The molecule has 1 aliphatic carbocycles. The molecule has 1 saturated carbocycles. The predicted molar refractivity (Wildman–Crippen MR) is 124 cm³/mol. The summed E-state index contributed by atoms with van der Waals surface area (Å²) in [6, 6.07) is 11.1. The lowest BCUT2D eigenvalue weighted by molar-refractivity contribution is 0.0690. The summed E-state index contributed by atoms with van der Waals surface area (Å²) < 4.78 is 6.00. The van der Waals surface area contributed by atoms with Crippen LogP contribution in [0.25, 0.3) is 0 Å². The summed E-state index contributed by atoms with van der Waals surface area (Å²) in [7, 11) is 0. The number of amides is 1. The third-order valence-electron chi connectivity index (χ3n) is 6.18. The van der Waals surface area contributed by atoms with E-state index in [-0.39, 0.29) is 5.91 Å². The smallest absolute Gasteiger partial charge is 0.253 e. The van der Waals surface area contributed by atoms with Crippen LogP contribution in [-0.2, 0) is 6.54 Å². The van der Waals surface area contributed by atoms with Gasteiger partial charge in [0.15, 0.2) is 0 Å². The maximum Gasteiger partial charge on any atom is 0.253 e. The first-order chi connectivity index (χ1) is 15.1. The molecule has 2 aromatic rings. The third-order valence-corrected chi connectivity index (χ3v) is 6.92. The lowest BCUT2D eigenvalue weighted by atomic mass is 9.96. The lowest BCUT2D eigenvalue weighted by Crippen LogP contribution is -2.40. The number of nitrogens with one attached hydrogen (secondary N) is 1. The van der Waals surface area contributed by atoms with Crippen LogP contribution < -0.4 is 10.1 Å². The molecule has 2 heterocycles. The van der Waals surface area contributed by atoms with E-state index >= 15 is 0 Å². The van der Waals surface area contributed by atoms with Gasteiger partial charge in [0.25, 0.3) is 5.91 Å². The van der Waals surface area contributed by atoms with E-state index in [2.05, 4.69) is 10.3 Å². The van der Waals surface area contributed by atoms with Crippen LogP contribution in [0.3, 0.4) is 0 Å². The number of hydrogen-bond donors (Lipinski definition) is 1. The van der Waals surface area contributed by atoms with Crippen molar-refractivity contribution < 1.29 is 9.53 Å². The van der Waals surface area contributed by atoms with Gasteiger partial charge in [0.1, 0.15) is 6.10 Å². The van der Waals surface area contributed by atoms with Crippen molar-refractivity contribution in [2.24, 2.45) is 5.92 Å². The van der Waals surface area contributed by atoms with E-state index in [1.165, 1.54) is 12.8 Å². The van der Waals surface area contributed by atoms with E-state index in [9.17, 15) is 4.79 Å². The molecule has 4 rings (SSSR count).